The number of carbonyl (C=O) groups is 3. The minimum absolute atomic E-state index is 0.249. The average molecular weight is 565 g/mol. The number of rotatable bonds is 6. The highest BCUT2D eigenvalue weighted by atomic mass is 16.5. The van der Waals surface area contributed by atoms with Gasteiger partial charge in [0.15, 0.2) is 12.1 Å². The number of hydrogen-bond acceptors (Lipinski definition) is 8. The minimum atomic E-state index is -0.991. The zero-order chi connectivity index (χ0) is 29.7. The van der Waals surface area contributed by atoms with Gasteiger partial charge in [-0.15, -0.1) is 0 Å². The van der Waals surface area contributed by atoms with Gasteiger partial charge in [-0.05, 0) is 62.1 Å². The molecule has 1 fully saturated rings. The van der Waals surface area contributed by atoms with Crippen molar-refractivity contribution < 1.29 is 19.1 Å². The number of hydrazone groups is 1. The van der Waals surface area contributed by atoms with E-state index in [0.29, 0.717) is 17.9 Å². The fourth-order valence-electron chi connectivity index (χ4n) is 6.07. The molecule has 10 nitrogen and oxygen atoms in total. The number of benzene rings is 3. The van der Waals surface area contributed by atoms with Crippen molar-refractivity contribution >= 4 is 29.1 Å². The van der Waals surface area contributed by atoms with Gasteiger partial charge in [-0.3, -0.25) is 19.4 Å². The highest BCUT2D eigenvalue weighted by molar-refractivity contribution is 6.26. The first-order chi connectivity index (χ1) is 20.2. The SMILES string of the molecule is COc1ccc([C@@H]2CC(c3ccc(C)cc3C)=NN2C(=O)CN2N=N[C@H]3C(=O)N(c4c(C)cccc4C)C(=O)[C@@H]32)cc1. The van der Waals surface area contributed by atoms with Crippen LogP contribution >= 0.6 is 0 Å². The van der Waals surface area contributed by atoms with Crippen LogP contribution in [0.1, 0.15) is 45.8 Å². The van der Waals surface area contributed by atoms with Crippen molar-refractivity contribution in [1.29, 1.82) is 0 Å². The first-order valence-electron chi connectivity index (χ1n) is 13.9. The number of ether oxygens (including phenoxy) is 1. The van der Waals surface area contributed by atoms with Crippen molar-refractivity contribution in [2.75, 3.05) is 18.6 Å². The summed E-state index contributed by atoms with van der Waals surface area (Å²) in [6, 6.07) is 17.0. The van der Waals surface area contributed by atoms with E-state index < -0.39 is 23.9 Å². The molecule has 3 aliphatic rings. The average Bonchev–Trinajstić information content (AvgIpc) is 3.65. The third-order valence-corrected chi connectivity index (χ3v) is 8.18. The summed E-state index contributed by atoms with van der Waals surface area (Å²) in [6.07, 6.45) is 0.521. The van der Waals surface area contributed by atoms with Gasteiger partial charge in [0, 0.05) is 12.0 Å². The predicted octanol–water partition coefficient (Wildman–Crippen LogP) is 4.60. The topological polar surface area (TPSA) is 107 Å². The van der Waals surface area contributed by atoms with E-state index in [1.54, 1.807) is 7.11 Å². The van der Waals surface area contributed by atoms with E-state index in [9.17, 15) is 14.4 Å². The van der Waals surface area contributed by atoms with Crippen molar-refractivity contribution in [2.24, 2.45) is 15.4 Å². The third kappa shape index (κ3) is 4.52. The van der Waals surface area contributed by atoms with E-state index in [0.717, 1.165) is 39.1 Å². The van der Waals surface area contributed by atoms with Gasteiger partial charge < -0.3 is 4.74 Å². The quantitative estimate of drug-likeness (QED) is 0.407. The number of aryl methyl sites for hydroxylation is 4. The molecule has 3 aromatic rings. The Morgan fingerprint density at radius 2 is 1.64 bits per heavy atom. The number of imide groups is 1. The molecular formula is C32H32N6O4. The second-order valence-corrected chi connectivity index (χ2v) is 11.0. The van der Waals surface area contributed by atoms with Gasteiger partial charge in [0.05, 0.1) is 24.6 Å². The van der Waals surface area contributed by atoms with Crippen LogP contribution in [0.2, 0.25) is 0 Å². The molecule has 0 N–H and O–H groups in total. The molecule has 3 atom stereocenters. The lowest BCUT2D eigenvalue weighted by atomic mass is 9.95. The highest BCUT2D eigenvalue weighted by Gasteiger charge is 2.55. The standard InChI is InChI=1S/C32H32N6O4/c1-18-9-14-24(21(4)15-18)25-16-26(22-10-12-23(42-5)13-11-22)38(34-25)27(39)17-36-30-28(33-35-36)31(40)37(32(30)41)29-19(2)7-6-8-20(29)3/h6-15,26,28,30H,16-17H2,1-5H3/t26-,28+,30+/m0/s1. The monoisotopic (exact) mass is 564 g/mol. The Balaban J connectivity index is 1.29. The molecule has 0 unspecified atom stereocenters. The molecule has 6 rings (SSSR count). The second-order valence-electron chi connectivity index (χ2n) is 11.0. The summed E-state index contributed by atoms with van der Waals surface area (Å²) in [7, 11) is 1.61. The molecule has 0 aromatic heterocycles. The predicted molar refractivity (Wildman–Crippen MR) is 157 cm³/mol. The van der Waals surface area contributed by atoms with Crippen LogP contribution in [0.3, 0.4) is 0 Å². The molecule has 3 amide bonds. The highest BCUT2D eigenvalue weighted by Crippen LogP contribution is 2.37. The summed E-state index contributed by atoms with van der Waals surface area (Å²) in [6.45, 7) is 7.54. The van der Waals surface area contributed by atoms with Crippen LogP contribution in [0.25, 0.3) is 0 Å². The van der Waals surface area contributed by atoms with Crippen LogP contribution in [-0.4, -0.2) is 59.2 Å². The minimum Gasteiger partial charge on any atom is -0.497 e. The van der Waals surface area contributed by atoms with E-state index in [1.165, 1.54) is 14.9 Å². The number of anilines is 1. The summed E-state index contributed by atoms with van der Waals surface area (Å²) in [5.41, 5.74) is 7.09. The lowest BCUT2D eigenvalue weighted by Crippen LogP contribution is -2.45. The van der Waals surface area contributed by atoms with Crippen LogP contribution in [-0.2, 0) is 14.4 Å². The van der Waals surface area contributed by atoms with Crippen molar-refractivity contribution in [1.82, 2.24) is 10.0 Å². The smallest absolute Gasteiger partial charge is 0.264 e. The molecule has 10 heteroatoms. The molecule has 3 aliphatic heterocycles. The molecule has 1 saturated heterocycles. The first kappa shape index (κ1) is 27.3. The Kier molecular flexibility index (Phi) is 6.84. The molecule has 42 heavy (non-hydrogen) atoms. The second kappa shape index (κ2) is 10.5. The normalized spacial score (nSPS) is 21.3. The summed E-state index contributed by atoms with van der Waals surface area (Å²) >= 11 is 0. The molecule has 3 aromatic carbocycles. The first-order valence-corrected chi connectivity index (χ1v) is 13.9. The number of para-hydroxylation sites is 1. The van der Waals surface area contributed by atoms with Gasteiger partial charge in [-0.25, -0.2) is 9.91 Å². The van der Waals surface area contributed by atoms with E-state index in [1.807, 2.05) is 82.3 Å². The zero-order valence-corrected chi connectivity index (χ0v) is 24.2. The van der Waals surface area contributed by atoms with E-state index in [4.69, 9.17) is 9.84 Å². The number of methoxy groups -OCH3 is 1. The number of carbonyl (C=O) groups excluding carboxylic acids is 3. The fourth-order valence-corrected chi connectivity index (χ4v) is 6.07. The maximum Gasteiger partial charge on any atom is 0.264 e. The molecule has 0 spiro atoms. The van der Waals surface area contributed by atoms with Crippen LogP contribution < -0.4 is 9.64 Å². The Hall–Kier alpha value is -4.86. The summed E-state index contributed by atoms with van der Waals surface area (Å²) in [5.74, 6) is -0.506. The summed E-state index contributed by atoms with van der Waals surface area (Å²) in [4.78, 5) is 42.1. The molecular weight excluding hydrogens is 532 g/mol. The van der Waals surface area contributed by atoms with Crippen molar-refractivity contribution in [3.05, 3.63) is 94.0 Å². The van der Waals surface area contributed by atoms with Crippen LogP contribution in [0.15, 0.2) is 76.1 Å². The molecule has 0 bridgehead atoms. The maximum atomic E-state index is 13.9. The lowest BCUT2D eigenvalue weighted by molar-refractivity contribution is -0.135. The fraction of sp³-hybridized carbons (Fsp3) is 0.312. The van der Waals surface area contributed by atoms with Crippen LogP contribution in [0.4, 0.5) is 5.69 Å². The van der Waals surface area contributed by atoms with E-state index >= 15 is 0 Å². The number of amides is 3. The van der Waals surface area contributed by atoms with Crippen molar-refractivity contribution in [2.45, 2.75) is 52.2 Å². The van der Waals surface area contributed by atoms with Gasteiger partial charge in [0.2, 0.25) is 0 Å². The molecule has 0 radical (unpaired) electrons. The summed E-state index contributed by atoms with van der Waals surface area (Å²) in [5, 5.41) is 15.8. The Bertz CT molecular complexity index is 1640. The van der Waals surface area contributed by atoms with Gasteiger partial charge >= 0.3 is 0 Å². The van der Waals surface area contributed by atoms with Gasteiger partial charge in [-0.1, -0.05) is 59.3 Å². The number of fused-ring (bicyclic) bond motifs is 1. The van der Waals surface area contributed by atoms with Gasteiger partial charge in [0.1, 0.15) is 12.3 Å². The third-order valence-electron chi connectivity index (χ3n) is 8.18. The summed E-state index contributed by atoms with van der Waals surface area (Å²) < 4.78 is 5.32. The van der Waals surface area contributed by atoms with E-state index in [2.05, 4.69) is 16.4 Å². The van der Waals surface area contributed by atoms with Gasteiger partial charge in [0.25, 0.3) is 17.7 Å². The molecule has 0 aliphatic carbocycles. The molecule has 3 heterocycles. The number of nitrogens with zero attached hydrogens (tertiary/aromatic N) is 6. The van der Waals surface area contributed by atoms with Crippen molar-refractivity contribution in [3.8, 4) is 5.75 Å². The molecule has 0 saturated carbocycles. The van der Waals surface area contributed by atoms with Crippen LogP contribution in [0, 0.1) is 27.7 Å². The molecule has 214 valence electrons. The zero-order valence-electron chi connectivity index (χ0n) is 24.2. The van der Waals surface area contributed by atoms with E-state index in [-0.39, 0.29) is 18.5 Å². The lowest BCUT2D eigenvalue weighted by Gasteiger charge is -2.26. The van der Waals surface area contributed by atoms with Crippen LogP contribution in [0.5, 0.6) is 5.75 Å². The van der Waals surface area contributed by atoms with Crippen molar-refractivity contribution in [3.63, 3.8) is 0 Å². The Morgan fingerprint density at radius 3 is 2.31 bits per heavy atom. The Labute approximate surface area is 244 Å². The number of hydrogen-bond donors (Lipinski definition) is 0. The Morgan fingerprint density at radius 1 is 0.929 bits per heavy atom. The van der Waals surface area contributed by atoms with Gasteiger partial charge in [-0.2, -0.15) is 10.2 Å². The largest absolute Gasteiger partial charge is 0.497 e. The maximum absolute atomic E-state index is 13.9.